The maximum atomic E-state index is 10.7. The number of methoxy groups -OCH3 is 1. The molecule has 6 nitrogen and oxygen atoms in total. The average Bonchev–Trinajstić information content (AvgIpc) is 2.35. The first-order chi connectivity index (χ1) is 8.93. The van der Waals surface area contributed by atoms with E-state index >= 15 is 0 Å². The Morgan fingerprint density at radius 1 is 1.58 bits per heavy atom. The number of rotatable bonds is 7. The Balaban J connectivity index is 2.77. The molecule has 0 amide bonds. The van der Waals surface area contributed by atoms with Crippen LogP contribution in [0.5, 0.6) is 5.75 Å². The number of hydrogen-bond acceptors (Lipinski definition) is 5. The van der Waals surface area contributed by atoms with Gasteiger partial charge in [-0.3, -0.25) is 14.9 Å². The summed E-state index contributed by atoms with van der Waals surface area (Å²) in [6.07, 6.45) is 0.0574. The lowest BCUT2D eigenvalue weighted by Crippen LogP contribution is -2.06. The smallest absolute Gasteiger partial charge is 0.304 e. The van der Waals surface area contributed by atoms with Crippen molar-refractivity contribution < 1.29 is 19.6 Å². The zero-order chi connectivity index (χ0) is 14.4. The van der Waals surface area contributed by atoms with Crippen LogP contribution < -0.4 is 4.74 Å². The van der Waals surface area contributed by atoms with Crippen molar-refractivity contribution in [3.63, 3.8) is 0 Å². The molecule has 0 aliphatic rings. The van der Waals surface area contributed by atoms with Gasteiger partial charge in [0.2, 0.25) is 0 Å². The zero-order valence-electron chi connectivity index (χ0n) is 10.7. The molecular formula is C12H15NO5S. The number of nitro benzene ring substituents is 1. The van der Waals surface area contributed by atoms with Crippen molar-refractivity contribution in [2.24, 2.45) is 0 Å². The number of aliphatic carboxylic acids is 1. The maximum absolute atomic E-state index is 10.7. The topological polar surface area (TPSA) is 89.7 Å². The number of nitrogens with zero attached hydrogens (tertiary/aromatic N) is 1. The van der Waals surface area contributed by atoms with Crippen LogP contribution in [0.15, 0.2) is 18.2 Å². The van der Waals surface area contributed by atoms with Crippen LogP contribution in [0, 0.1) is 10.1 Å². The molecule has 0 radical (unpaired) electrons. The summed E-state index contributed by atoms with van der Waals surface area (Å²) in [7, 11) is 1.50. The summed E-state index contributed by atoms with van der Waals surface area (Å²) >= 11 is 1.42. The summed E-state index contributed by atoms with van der Waals surface area (Å²) in [4.78, 5) is 20.8. The summed E-state index contributed by atoms with van der Waals surface area (Å²) < 4.78 is 5.14. The van der Waals surface area contributed by atoms with Crippen LogP contribution in [-0.2, 0) is 10.5 Å². The fraction of sp³-hybridized carbons (Fsp3) is 0.417. The van der Waals surface area contributed by atoms with Gasteiger partial charge >= 0.3 is 5.97 Å². The number of hydrogen-bond donors (Lipinski definition) is 1. The highest BCUT2D eigenvalue weighted by atomic mass is 32.2. The Morgan fingerprint density at radius 3 is 2.79 bits per heavy atom. The molecule has 104 valence electrons. The SMILES string of the molecule is COc1ccc([N+](=O)[O-])cc1CSC(C)CC(=O)O. The van der Waals surface area contributed by atoms with Gasteiger partial charge in [0, 0.05) is 28.7 Å². The Bertz CT molecular complexity index is 477. The van der Waals surface area contributed by atoms with Gasteiger partial charge in [0.15, 0.2) is 0 Å². The van der Waals surface area contributed by atoms with Crippen molar-refractivity contribution in [1.82, 2.24) is 0 Å². The van der Waals surface area contributed by atoms with E-state index in [4.69, 9.17) is 9.84 Å². The highest BCUT2D eigenvalue weighted by molar-refractivity contribution is 7.99. The largest absolute Gasteiger partial charge is 0.496 e. The van der Waals surface area contributed by atoms with Crippen molar-refractivity contribution in [1.29, 1.82) is 0 Å². The average molecular weight is 285 g/mol. The van der Waals surface area contributed by atoms with E-state index in [-0.39, 0.29) is 17.4 Å². The summed E-state index contributed by atoms with van der Waals surface area (Å²) in [5.41, 5.74) is 0.696. The first kappa shape index (κ1) is 15.3. The third-order valence-corrected chi connectivity index (χ3v) is 3.67. The van der Waals surface area contributed by atoms with E-state index in [0.29, 0.717) is 17.1 Å². The van der Waals surface area contributed by atoms with E-state index in [0.717, 1.165) is 0 Å². The molecule has 0 fully saturated rings. The first-order valence-electron chi connectivity index (χ1n) is 5.58. The number of non-ortho nitro benzene ring substituents is 1. The summed E-state index contributed by atoms with van der Waals surface area (Å²) in [5, 5.41) is 19.3. The fourth-order valence-electron chi connectivity index (χ4n) is 1.53. The van der Waals surface area contributed by atoms with Crippen LogP contribution in [-0.4, -0.2) is 28.4 Å². The van der Waals surface area contributed by atoms with Gasteiger partial charge in [-0.1, -0.05) is 6.92 Å². The third kappa shape index (κ3) is 4.78. The number of carbonyl (C=O) groups is 1. The molecule has 0 aliphatic carbocycles. The molecule has 0 saturated heterocycles. The molecule has 0 aromatic heterocycles. The van der Waals surface area contributed by atoms with E-state index < -0.39 is 10.9 Å². The number of ether oxygens (including phenoxy) is 1. The van der Waals surface area contributed by atoms with Gasteiger partial charge in [0.1, 0.15) is 5.75 Å². The minimum absolute atomic E-state index is 0.00212. The van der Waals surface area contributed by atoms with E-state index in [1.54, 1.807) is 6.07 Å². The Kier molecular flexibility index (Phi) is 5.62. The van der Waals surface area contributed by atoms with Gasteiger partial charge in [-0.05, 0) is 6.07 Å². The summed E-state index contributed by atoms with van der Waals surface area (Å²) in [6.45, 7) is 1.81. The van der Waals surface area contributed by atoms with Crippen molar-refractivity contribution >= 4 is 23.4 Å². The molecule has 1 N–H and O–H groups in total. The number of benzene rings is 1. The lowest BCUT2D eigenvalue weighted by Gasteiger charge is -2.11. The van der Waals surface area contributed by atoms with Crippen LogP contribution in [0.3, 0.4) is 0 Å². The van der Waals surface area contributed by atoms with E-state index in [2.05, 4.69) is 0 Å². The normalized spacial score (nSPS) is 11.9. The highest BCUT2D eigenvalue weighted by Gasteiger charge is 2.14. The van der Waals surface area contributed by atoms with Gasteiger partial charge < -0.3 is 9.84 Å². The minimum atomic E-state index is -0.856. The Labute approximate surface area is 114 Å². The van der Waals surface area contributed by atoms with Crippen LogP contribution in [0.25, 0.3) is 0 Å². The monoisotopic (exact) mass is 285 g/mol. The zero-order valence-corrected chi connectivity index (χ0v) is 11.5. The van der Waals surface area contributed by atoms with Crippen molar-refractivity contribution in [3.05, 3.63) is 33.9 Å². The second-order valence-corrected chi connectivity index (χ2v) is 5.40. The van der Waals surface area contributed by atoms with Gasteiger partial charge in [-0.25, -0.2) is 0 Å². The number of carboxylic acids is 1. The Hall–Kier alpha value is -1.76. The van der Waals surface area contributed by atoms with Crippen molar-refractivity contribution in [3.8, 4) is 5.75 Å². The molecule has 0 spiro atoms. The number of thioether (sulfide) groups is 1. The quantitative estimate of drug-likeness (QED) is 0.612. The van der Waals surface area contributed by atoms with Crippen LogP contribution in [0.2, 0.25) is 0 Å². The van der Waals surface area contributed by atoms with Gasteiger partial charge in [-0.2, -0.15) is 11.8 Å². The molecule has 7 heteroatoms. The van der Waals surface area contributed by atoms with Gasteiger partial charge in [0.05, 0.1) is 18.5 Å². The third-order valence-electron chi connectivity index (χ3n) is 2.46. The molecule has 0 aliphatic heterocycles. The van der Waals surface area contributed by atoms with Crippen LogP contribution in [0.1, 0.15) is 18.9 Å². The fourth-order valence-corrected chi connectivity index (χ4v) is 2.48. The van der Waals surface area contributed by atoms with Crippen molar-refractivity contribution in [2.75, 3.05) is 7.11 Å². The molecular weight excluding hydrogens is 270 g/mol. The molecule has 1 unspecified atom stereocenters. The second-order valence-electron chi connectivity index (χ2n) is 3.97. The standard InChI is InChI=1S/C12H15NO5S/c1-8(5-12(14)15)19-7-9-6-10(13(16)17)3-4-11(9)18-2/h3-4,6,8H,5,7H2,1-2H3,(H,14,15). The molecule has 0 heterocycles. The molecule has 1 atom stereocenters. The summed E-state index contributed by atoms with van der Waals surface area (Å²) in [5.74, 6) is 0.186. The summed E-state index contributed by atoms with van der Waals surface area (Å²) in [6, 6.07) is 4.39. The van der Waals surface area contributed by atoms with Crippen LogP contribution >= 0.6 is 11.8 Å². The van der Waals surface area contributed by atoms with E-state index in [9.17, 15) is 14.9 Å². The second kappa shape index (κ2) is 6.98. The lowest BCUT2D eigenvalue weighted by atomic mass is 10.2. The Morgan fingerprint density at radius 2 is 2.26 bits per heavy atom. The van der Waals surface area contributed by atoms with Gasteiger partial charge in [0.25, 0.3) is 5.69 Å². The molecule has 0 bridgehead atoms. The van der Waals surface area contributed by atoms with Crippen molar-refractivity contribution in [2.45, 2.75) is 24.3 Å². The van der Waals surface area contributed by atoms with Crippen LogP contribution in [0.4, 0.5) is 5.69 Å². The number of carboxylic acid groups (broad SMARTS) is 1. The van der Waals surface area contributed by atoms with Gasteiger partial charge in [-0.15, -0.1) is 0 Å². The predicted octanol–water partition coefficient (Wildman–Crippen LogP) is 2.70. The predicted molar refractivity (Wildman–Crippen MR) is 72.7 cm³/mol. The molecule has 1 aromatic carbocycles. The molecule has 0 saturated carbocycles. The molecule has 1 aromatic rings. The highest BCUT2D eigenvalue weighted by Crippen LogP contribution is 2.29. The van der Waals surface area contributed by atoms with E-state index in [1.807, 2.05) is 6.92 Å². The molecule has 1 rings (SSSR count). The number of nitro groups is 1. The minimum Gasteiger partial charge on any atom is -0.496 e. The lowest BCUT2D eigenvalue weighted by molar-refractivity contribution is -0.384. The maximum Gasteiger partial charge on any atom is 0.304 e. The molecule has 19 heavy (non-hydrogen) atoms. The van der Waals surface area contributed by atoms with E-state index in [1.165, 1.54) is 31.0 Å². The first-order valence-corrected chi connectivity index (χ1v) is 6.63.